The summed E-state index contributed by atoms with van der Waals surface area (Å²) in [5.41, 5.74) is 1.70. The van der Waals surface area contributed by atoms with Crippen molar-refractivity contribution in [3.05, 3.63) is 36.5 Å². The van der Waals surface area contributed by atoms with E-state index in [1.54, 1.807) is 6.20 Å². The van der Waals surface area contributed by atoms with Gasteiger partial charge in [0.1, 0.15) is 0 Å². The van der Waals surface area contributed by atoms with E-state index in [1.165, 1.54) is 0 Å². The Kier molecular flexibility index (Phi) is 3.65. The topological polar surface area (TPSA) is 54.0 Å². The maximum Gasteiger partial charge on any atom is 0.241 e. The number of benzene rings is 1. The molecule has 3 rings (SSSR count). The third-order valence-corrected chi connectivity index (χ3v) is 3.84. The highest BCUT2D eigenvalue weighted by atomic mass is 16.2. The molecule has 1 amide bonds. The highest BCUT2D eigenvalue weighted by Crippen LogP contribution is 2.19. The zero-order chi connectivity index (χ0) is 13.9. The Morgan fingerprint density at radius 1 is 1.40 bits per heavy atom. The minimum Gasteiger partial charge on any atom is -0.323 e. The Hall–Kier alpha value is -1.94. The lowest BCUT2D eigenvalue weighted by atomic mass is 9.94. The van der Waals surface area contributed by atoms with Crippen molar-refractivity contribution in [2.24, 2.45) is 5.92 Å². The van der Waals surface area contributed by atoms with Crippen LogP contribution in [0.5, 0.6) is 0 Å². The van der Waals surface area contributed by atoms with Gasteiger partial charge in [-0.1, -0.05) is 25.1 Å². The molecule has 20 heavy (non-hydrogen) atoms. The number of amides is 1. The second-order valence-electron chi connectivity index (χ2n) is 5.54. The summed E-state index contributed by atoms with van der Waals surface area (Å²) in [4.78, 5) is 16.6. The van der Waals surface area contributed by atoms with Gasteiger partial charge in [0.25, 0.3) is 0 Å². The highest BCUT2D eigenvalue weighted by Gasteiger charge is 2.24. The van der Waals surface area contributed by atoms with Crippen molar-refractivity contribution >= 4 is 22.5 Å². The van der Waals surface area contributed by atoms with Crippen LogP contribution in [0.15, 0.2) is 36.5 Å². The van der Waals surface area contributed by atoms with Crippen LogP contribution < -0.4 is 10.6 Å². The molecule has 0 spiro atoms. The van der Waals surface area contributed by atoms with E-state index in [4.69, 9.17) is 0 Å². The fourth-order valence-electron chi connectivity index (χ4n) is 2.68. The standard InChI is InChI=1S/C16H19N3O/c1-11-6-7-17-15(8-11)16(20)19-13-9-12-4-2-3-5-14(12)18-10-13/h2-5,9-11,15,17H,6-8H2,1H3,(H,19,20). The van der Waals surface area contributed by atoms with Crippen LogP contribution in [0, 0.1) is 5.92 Å². The van der Waals surface area contributed by atoms with Gasteiger partial charge < -0.3 is 10.6 Å². The zero-order valence-corrected chi connectivity index (χ0v) is 11.6. The van der Waals surface area contributed by atoms with Gasteiger partial charge >= 0.3 is 0 Å². The van der Waals surface area contributed by atoms with Gasteiger partial charge in [-0.05, 0) is 37.4 Å². The highest BCUT2D eigenvalue weighted by molar-refractivity contribution is 5.96. The van der Waals surface area contributed by atoms with Crippen LogP contribution in [0.25, 0.3) is 10.9 Å². The number of nitrogens with zero attached hydrogens (tertiary/aromatic N) is 1. The molecule has 2 unspecified atom stereocenters. The van der Waals surface area contributed by atoms with Crippen molar-refractivity contribution in [2.45, 2.75) is 25.8 Å². The monoisotopic (exact) mass is 269 g/mol. The van der Waals surface area contributed by atoms with Crippen LogP contribution in [-0.2, 0) is 4.79 Å². The van der Waals surface area contributed by atoms with Gasteiger partial charge in [-0.25, -0.2) is 0 Å². The molecule has 2 N–H and O–H groups in total. The van der Waals surface area contributed by atoms with E-state index >= 15 is 0 Å². The molecule has 1 aromatic carbocycles. The molecular formula is C16H19N3O. The molecule has 2 atom stereocenters. The minimum atomic E-state index is -0.0924. The zero-order valence-electron chi connectivity index (χ0n) is 11.6. The first kappa shape index (κ1) is 13.1. The largest absolute Gasteiger partial charge is 0.323 e. The van der Waals surface area contributed by atoms with Gasteiger partial charge in [0.05, 0.1) is 23.4 Å². The average Bonchev–Trinajstić information content (AvgIpc) is 2.47. The quantitative estimate of drug-likeness (QED) is 0.881. The van der Waals surface area contributed by atoms with Crippen molar-refractivity contribution in [3.63, 3.8) is 0 Å². The predicted octanol–water partition coefficient (Wildman–Crippen LogP) is 2.56. The Bertz CT molecular complexity index is 626. The number of rotatable bonds is 2. The number of fused-ring (bicyclic) bond motifs is 1. The lowest BCUT2D eigenvalue weighted by molar-refractivity contribution is -0.119. The van der Waals surface area contributed by atoms with Crippen LogP contribution in [0.1, 0.15) is 19.8 Å². The molecule has 1 aliphatic rings. The lowest BCUT2D eigenvalue weighted by Gasteiger charge is -2.27. The average molecular weight is 269 g/mol. The van der Waals surface area contributed by atoms with Crippen LogP contribution in [-0.4, -0.2) is 23.5 Å². The minimum absolute atomic E-state index is 0.0358. The summed E-state index contributed by atoms with van der Waals surface area (Å²) in [6, 6.07) is 9.77. The fourth-order valence-corrected chi connectivity index (χ4v) is 2.68. The molecule has 1 fully saturated rings. The van der Waals surface area contributed by atoms with Gasteiger partial charge in [0.2, 0.25) is 5.91 Å². The maximum atomic E-state index is 12.2. The number of anilines is 1. The summed E-state index contributed by atoms with van der Waals surface area (Å²) in [6.45, 7) is 3.11. The van der Waals surface area contributed by atoms with Crippen molar-refractivity contribution in [1.29, 1.82) is 0 Å². The Balaban J connectivity index is 1.73. The maximum absolute atomic E-state index is 12.2. The Labute approximate surface area is 118 Å². The fraction of sp³-hybridized carbons (Fsp3) is 0.375. The van der Waals surface area contributed by atoms with Gasteiger partial charge in [-0.15, -0.1) is 0 Å². The Morgan fingerprint density at radius 3 is 3.10 bits per heavy atom. The van der Waals surface area contributed by atoms with E-state index in [-0.39, 0.29) is 11.9 Å². The number of para-hydroxylation sites is 1. The summed E-state index contributed by atoms with van der Waals surface area (Å²) in [7, 11) is 0. The summed E-state index contributed by atoms with van der Waals surface area (Å²) in [5, 5.41) is 7.27. The first-order chi connectivity index (χ1) is 9.72. The molecule has 0 radical (unpaired) electrons. The number of piperidine rings is 1. The van der Waals surface area contributed by atoms with Crippen LogP contribution in [0.2, 0.25) is 0 Å². The van der Waals surface area contributed by atoms with Crippen molar-refractivity contribution in [3.8, 4) is 0 Å². The number of hydrogen-bond acceptors (Lipinski definition) is 3. The molecule has 4 heteroatoms. The molecule has 104 valence electrons. The number of nitrogens with one attached hydrogen (secondary N) is 2. The molecule has 2 aromatic rings. The molecule has 1 aliphatic heterocycles. The van der Waals surface area contributed by atoms with E-state index in [0.29, 0.717) is 5.92 Å². The molecule has 4 nitrogen and oxygen atoms in total. The summed E-state index contributed by atoms with van der Waals surface area (Å²) >= 11 is 0. The smallest absolute Gasteiger partial charge is 0.241 e. The lowest BCUT2D eigenvalue weighted by Crippen LogP contribution is -2.45. The van der Waals surface area contributed by atoms with Crippen molar-refractivity contribution in [1.82, 2.24) is 10.3 Å². The summed E-state index contributed by atoms with van der Waals surface area (Å²) in [6.07, 6.45) is 3.75. The predicted molar refractivity (Wildman–Crippen MR) is 80.6 cm³/mol. The number of pyridine rings is 1. The molecule has 1 saturated heterocycles. The van der Waals surface area contributed by atoms with Crippen molar-refractivity contribution < 1.29 is 4.79 Å². The molecule has 2 heterocycles. The first-order valence-corrected chi connectivity index (χ1v) is 7.11. The SMILES string of the molecule is CC1CCNC(C(=O)Nc2cnc3ccccc3c2)C1. The van der Waals surface area contributed by atoms with Crippen LogP contribution in [0.3, 0.4) is 0 Å². The molecule has 0 aliphatic carbocycles. The van der Waals surface area contributed by atoms with E-state index in [0.717, 1.165) is 36.0 Å². The van der Waals surface area contributed by atoms with E-state index in [9.17, 15) is 4.79 Å². The molecule has 0 saturated carbocycles. The molecule has 1 aromatic heterocycles. The van der Waals surface area contributed by atoms with Crippen molar-refractivity contribution in [2.75, 3.05) is 11.9 Å². The third kappa shape index (κ3) is 2.80. The molecular weight excluding hydrogens is 250 g/mol. The second kappa shape index (κ2) is 5.59. The third-order valence-electron chi connectivity index (χ3n) is 3.84. The summed E-state index contributed by atoms with van der Waals surface area (Å²) in [5.74, 6) is 0.635. The summed E-state index contributed by atoms with van der Waals surface area (Å²) < 4.78 is 0. The van der Waals surface area contributed by atoms with E-state index < -0.39 is 0 Å². The van der Waals surface area contributed by atoms with Gasteiger partial charge in [-0.3, -0.25) is 9.78 Å². The van der Waals surface area contributed by atoms with Crippen LogP contribution >= 0.6 is 0 Å². The van der Waals surface area contributed by atoms with Gasteiger partial charge in [-0.2, -0.15) is 0 Å². The van der Waals surface area contributed by atoms with Gasteiger partial charge in [0, 0.05) is 5.39 Å². The second-order valence-corrected chi connectivity index (χ2v) is 5.54. The van der Waals surface area contributed by atoms with E-state index in [2.05, 4.69) is 22.5 Å². The normalized spacial score (nSPS) is 22.6. The first-order valence-electron chi connectivity index (χ1n) is 7.11. The number of carbonyl (C=O) groups is 1. The number of carbonyl (C=O) groups excluding carboxylic acids is 1. The number of hydrogen-bond donors (Lipinski definition) is 2. The molecule has 0 bridgehead atoms. The van der Waals surface area contributed by atoms with Gasteiger partial charge in [0.15, 0.2) is 0 Å². The van der Waals surface area contributed by atoms with Crippen LogP contribution in [0.4, 0.5) is 5.69 Å². The number of aromatic nitrogens is 1. The van der Waals surface area contributed by atoms with E-state index in [1.807, 2.05) is 30.3 Å². The Morgan fingerprint density at radius 2 is 2.25 bits per heavy atom.